The van der Waals surface area contributed by atoms with Gasteiger partial charge in [-0.3, -0.25) is 9.58 Å². The minimum absolute atomic E-state index is 0.00410. The summed E-state index contributed by atoms with van der Waals surface area (Å²) >= 11 is 0. The van der Waals surface area contributed by atoms with E-state index in [9.17, 15) is 4.79 Å². The average Bonchev–Trinajstić information content (AvgIpc) is 3.53. The first kappa shape index (κ1) is 19.9. The largest absolute Gasteiger partial charge is 0.336 e. The Labute approximate surface area is 180 Å². The number of piperidine rings is 1. The molecule has 0 spiro atoms. The molecule has 1 saturated heterocycles. The first-order chi connectivity index (χ1) is 14.7. The molecule has 3 aliphatic rings. The molecule has 1 aromatic heterocycles. The molecule has 1 saturated carbocycles. The van der Waals surface area contributed by atoms with Crippen LogP contribution in [0.2, 0.25) is 0 Å². The molecule has 2 aliphatic carbocycles. The van der Waals surface area contributed by atoms with Crippen molar-refractivity contribution in [3.05, 3.63) is 35.0 Å². The lowest BCUT2D eigenvalue weighted by Gasteiger charge is -2.44. The quantitative estimate of drug-likeness (QED) is 0.751. The molecule has 1 aliphatic heterocycles. The highest BCUT2D eigenvalue weighted by Crippen LogP contribution is 2.46. The second-order valence-corrected chi connectivity index (χ2v) is 9.40. The molecule has 1 aromatic carbocycles. The number of hydrogen-bond donors (Lipinski definition) is 1. The number of aromatic nitrogens is 1. The van der Waals surface area contributed by atoms with E-state index >= 15 is 0 Å². The van der Waals surface area contributed by atoms with Crippen LogP contribution in [0.1, 0.15) is 69.2 Å². The van der Waals surface area contributed by atoms with Crippen molar-refractivity contribution in [1.29, 1.82) is 0 Å². The summed E-state index contributed by atoms with van der Waals surface area (Å²) in [4.78, 5) is 17.6. The fourth-order valence-corrected chi connectivity index (χ4v) is 6.03. The monoisotopic (exact) mass is 408 g/mol. The van der Waals surface area contributed by atoms with Crippen molar-refractivity contribution < 1.29 is 4.79 Å². The molecule has 0 unspecified atom stereocenters. The highest BCUT2D eigenvalue weighted by molar-refractivity contribution is 5.93. The number of fused-ring (bicyclic) bond motifs is 2. The zero-order chi connectivity index (χ0) is 20.8. The maximum Gasteiger partial charge on any atom is 0.336 e. The van der Waals surface area contributed by atoms with E-state index in [4.69, 9.17) is 0 Å². The van der Waals surface area contributed by atoms with Crippen LogP contribution in [0, 0.1) is 5.92 Å². The van der Waals surface area contributed by atoms with Crippen molar-refractivity contribution in [2.45, 2.75) is 71.3 Å². The number of urea groups is 1. The number of nitrogens with one attached hydrogen (secondary N) is 1. The van der Waals surface area contributed by atoms with Crippen molar-refractivity contribution in [1.82, 2.24) is 14.5 Å². The summed E-state index contributed by atoms with van der Waals surface area (Å²) in [5.41, 5.74) is 8.70. The standard InChI is InChI=1S/C25H36N4O/c1-4-21-20-15-23-18(10-8-14-28(23)16-17-12-13-17)19-9-7-11-22(24(19)20)29(21)26-25(30)27(5-2)6-3/h7,9,11,17-18,23H,4-6,8,10,12-16H2,1-3H3,(H,26,30)/t18-,23-/m1/s1. The summed E-state index contributed by atoms with van der Waals surface area (Å²) < 4.78 is 2.11. The van der Waals surface area contributed by atoms with Crippen LogP contribution in [-0.2, 0) is 12.8 Å². The third-order valence-corrected chi connectivity index (χ3v) is 7.72. The molecule has 30 heavy (non-hydrogen) atoms. The first-order valence-electron chi connectivity index (χ1n) is 12.1. The summed E-state index contributed by atoms with van der Waals surface area (Å²) in [5.74, 6) is 1.57. The lowest BCUT2D eigenvalue weighted by atomic mass is 9.74. The molecule has 2 heterocycles. The van der Waals surface area contributed by atoms with Gasteiger partial charge in [0, 0.05) is 42.7 Å². The third kappa shape index (κ3) is 3.22. The molecule has 0 radical (unpaired) electrons. The van der Waals surface area contributed by atoms with Gasteiger partial charge in [0.05, 0.1) is 5.52 Å². The summed E-state index contributed by atoms with van der Waals surface area (Å²) in [7, 11) is 0. The Morgan fingerprint density at radius 1 is 1.17 bits per heavy atom. The SMILES string of the molecule is CCc1c2c3c(cccc3n1NC(=O)N(CC)CC)[C@H]1CCCN(CC3CC3)[C@@H]1C2. The summed E-state index contributed by atoms with van der Waals surface area (Å²) in [6, 6.07) is 7.37. The van der Waals surface area contributed by atoms with Crippen LogP contribution in [0.15, 0.2) is 18.2 Å². The zero-order valence-electron chi connectivity index (χ0n) is 18.8. The third-order valence-electron chi connectivity index (χ3n) is 7.72. The van der Waals surface area contributed by atoms with Gasteiger partial charge < -0.3 is 4.90 Å². The van der Waals surface area contributed by atoms with E-state index in [0.29, 0.717) is 12.0 Å². The summed E-state index contributed by atoms with van der Waals surface area (Å²) in [6.07, 6.45) is 7.50. The van der Waals surface area contributed by atoms with Gasteiger partial charge in [-0.2, -0.15) is 0 Å². The summed E-state index contributed by atoms with van der Waals surface area (Å²) in [5, 5.41) is 1.42. The Hall–Kier alpha value is -2.01. The van der Waals surface area contributed by atoms with Crippen LogP contribution in [0.3, 0.4) is 0 Å². The van der Waals surface area contributed by atoms with E-state index in [1.165, 1.54) is 66.5 Å². The Bertz CT molecular complexity index is 940. The second-order valence-electron chi connectivity index (χ2n) is 9.40. The van der Waals surface area contributed by atoms with Gasteiger partial charge in [-0.25, -0.2) is 10.2 Å². The normalized spacial score (nSPS) is 23.4. The predicted molar refractivity (Wildman–Crippen MR) is 123 cm³/mol. The highest BCUT2D eigenvalue weighted by atomic mass is 16.2. The van der Waals surface area contributed by atoms with E-state index < -0.39 is 0 Å². The lowest BCUT2D eigenvalue weighted by Crippen LogP contribution is -2.47. The number of nitrogens with zero attached hydrogens (tertiary/aromatic N) is 3. The Balaban J connectivity index is 1.57. The van der Waals surface area contributed by atoms with Gasteiger partial charge >= 0.3 is 6.03 Å². The molecule has 5 heteroatoms. The molecule has 2 atom stereocenters. The molecule has 5 nitrogen and oxygen atoms in total. The maximum absolute atomic E-state index is 12.9. The van der Waals surface area contributed by atoms with Crippen LogP contribution in [0.25, 0.3) is 10.9 Å². The summed E-state index contributed by atoms with van der Waals surface area (Å²) in [6.45, 7) is 10.3. The number of hydrogen-bond acceptors (Lipinski definition) is 2. The molecular weight excluding hydrogens is 372 g/mol. The maximum atomic E-state index is 12.9. The second kappa shape index (κ2) is 7.92. The Morgan fingerprint density at radius 3 is 2.67 bits per heavy atom. The molecule has 2 aromatic rings. The topological polar surface area (TPSA) is 40.5 Å². The number of likely N-dealkylation sites (tertiary alicyclic amines) is 1. The average molecular weight is 409 g/mol. The Morgan fingerprint density at radius 2 is 1.97 bits per heavy atom. The fraction of sp³-hybridized carbons (Fsp3) is 0.640. The number of carbonyl (C=O) groups excluding carboxylic acids is 1. The first-order valence-corrected chi connectivity index (χ1v) is 12.1. The van der Waals surface area contributed by atoms with Gasteiger partial charge in [0.25, 0.3) is 0 Å². The zero-order valence-corrected chi connectivity index (χ0v) is 18.8. The number of rotatable bonds is 6. The molecule has 2 amide bonds. The number of benzene rings is 1. The van der Waals surface area contributed by atoms with Crippen molar-refractivity contribution in [2.75, 3.05) is 31.6 Å². The van der Waals surface area contributed by atoms with Crippen LogP contribution in [0.4, 0.5) is 4.79 Å². The van der Waals surface area contributed by atoms with E-state index in [-0.39, 0.29) is 6.03 Å². The number of carbonyl (C=O) groups is 1. The van der Waals surface area contributed by atoms with Crippen molar-refractivity contribution in [3.8, 4) is 0 Å². The highest BCUT2D eigenvalue weighted by Gasteiger charge is 2.40. The van der Waals surface area contributed by atoms with Gasteiger partial charge in [-0.05, 0) is 82.0 Å². The lowest BCUT2D eigenvalue weighted by molar-refractivity contribution is 0.118. The van der Waals surface area contributed by atoms with Crippen molar-refractivity contribution in [3.63, 3.8) is 0 Å². The minimum atomic E-state index is -0.00410. The van der Waals surface area contributed by atoms with Gasteiger partial charge in [-0.15, -0.1) is 0 Å². The minimum Gasteiger partial charge on any atom is -0.324 e. The van der Waals surface area contributed by atoms with Gasteiger partial charge in [0.1, 0.15) is 0 Å². The molecule has 2 fully saturated rings. The molecule has 1 N–H and O–H groups in total. The molecule has 0 bridgehead atoms. The van der Waals surface area contributed by atoms with Crippen LogP contribution >= 0.6 is 0 Å². The number of amides is 2. The fourth-order valence-electron chi connectivity index (χ4n) is 6.03. The van der Waals surface area contributed by atoms with Crippen LogP contribution in [-0.4, -0.2) is 52.7 Å². The van der Waals surface area contributed by atoms with E-state index in [0.717, 1.165) is 31.8 Å². The van der Waals surface area contributed by atoms with Crippen molar-refractivity contribution >= 4 is 16.9 Å². The van der Waals surface area contributed by atoms with Crippen molar-refractivity contribution in [2.24, 2.45) is 5.92 Å². The molecule has 5 rings (SSSR count). The Kier molecular flexibility index (Phi) is 5.26. The smallest absolute Gasteiger partial charge is 0.324 e. The molecule has 162 valence electrons. The van der Waals surface area contributed by atoms with Gasteiger partial charge in [0.15, 0.2) is 0 Å². The van der Waals surface area contributed by atoms with E-state index in [1.54, 1.807) is 0 Å². The van der Waals surface area contributed by atoms with Crippen LogP contribution < -0.4 is 5.43 Å². The molecular formula is C25H36N4O. The van der Waals surface area contributed by atoms with Gasteiger partial charge in [-0.1, -0.05) is 19.1 Å². The van der Waals surface area contributed by atoms with E-state index in [1.807, 2.05) is 18.7 Å². The predicted octanol–water partition coefficient (Wildman–Crippen LogP) is 4.72. The van der Waals surface area contributed by atoms with Gasteiger partial charge in [0.2, 0.25) is 0 Å². The van der Waals surface area contributed by atoms with E-state index in [2.05, 4.69) is 40.1 Å². The van der Waals surface area contributed by atoms with Crippen LogP contribution in [0.5, 0.6) is 0 Å².